The van der Waals surface area contributed by atoms with Gasteiger partial charge < -0.3 is 9.15 Å². The molecule has 0 saturated heterocycles. The Balaban J connectivity index is 2.30. The van der Waals surface area contributed by atoms with Crippen LogP contribution >= 0.6 is 11.6 Å². The fourth-order valence-electron chi connectivity index (χ4n) is 1.68. The second-order valence-electron chi connectivity index (χ2n) is 4.48. The summed E-state index contributed by atoms with van der Waals surface area (Å²) in [6.07, 6.45) is 0. The number of benzene rings is 1. The van der Waals surface area contributed by atoms with E-state index in [0.717, 1.165) is 10.9 Å². The molecule has 0 aliphatic carbocycles. The lowest BCUT2D eigenvalue weighted by molar-refractivity contribution is 0.272. The van der Waals surface area contributed by atoms with E-state index in [1.54, 1.807) is 6.07 Å². The molecule has 96 valence electrons. The molecule has 1 atom stereocenters. The molecule has 2 rings (SSSR count). The van der Waals surface area contributed by atoms with E-state index in [-0.39, 0.29) is 11.5 Å². The van der Waals surface area contributed by atoms with Gasteiger partial charge in [-0.3, -0.25) is 0 Å². The maximum atomic E-state index is 11.3. The third-order valence-corrected chi connectivity index (χ3v) is 3.25. The smallest absolute Gasteiger partial charge is 0.336 e. The molecule has 0 bridgehead atoms. The largest absolute Gasteiger partial charge is 0.493 e. The van der Waals surface area contributed by atoms with Crippen molar-refractivity contribution in [3.8, 4) is 5.75 Å². The molecule has 0 fully saturated rings. The van der Waals surface area contributed by atoms with Crippen molar-refractivity contribution >= 4 is 22.6 Å². The molecule has 0 N–H and O–H groups in total. The Kier molecular flexibility index (Phi) is 3.92. The zero-order chi connectivity index (χ0) is 13.1. The quantitative estimate of drug-likeness (QED) is 0.629. The van der Waals surface area contributed by atoms with E-state index in [2.05, 4.69) is 0 Å². The summed E-state index contributed by atoms with van der Waals surface area (Å²) in [4.78, 5) is 11.3. The first kappa shape index (κ1) is 13.0. The van der Waals surface area contributed by atoms with Crippen LogP contribution in [0.5, 0.6) is 5.75 Å². The Morgan fingerprint density at radius 3 is 2.89 bits per heavy atom. The fraction of sp³-hybridized carbons (Fsp3) is 0.357. The third-order valence-electron chi connectivity index (χ3n) is 2.72. The Bertz CT molecular complexity index is 604. The number of hydrogen-bond acceptors (Lipinski definition) is 3. The molecule has 1 aromatic carbocycles. The van der Waals surface area contributed by atoms with Crippen molar-refractivity contribution < 1.29 is 9.15 Å². The van der Waals surface area contributed by atoms with E-state index >= 15 is 0 Å². The summed E-state index contributed by atoms with van der Waals surface area (Å²) in [5.41, 5.74) is 1.12. The fourth-order valence-corrected chi connectivity index (χ4v) is 1.77. The first-order valence-electron chi connectivity index (χ1n) is 5.83. The van der Waals surface area contributed by atoms with Crippen LogP contribution in [0, 0.1) is 12.8 Å². The van der Waals surface area contributed by atoms with Crippen molar-refractivity contribution in [1.82, 2.24) is 0 Å². The SMILES string of the molecule is Cc1cc(=O)oc2cc(OCC(C)CCl)ccc12. The molecule has 1 unspecified atom stereocenters. The van der Waals surface area contributed by atoms with Gasteiger partial charge in [-0.25, -0.2) is 4.79 Å². The van der Waals surface area contributed by atoms with Gasteiger partial charge in [0.25, 0.3) is 0 Å². The zero-order valence-corrected chi connectivity index (χ0v) is 11.2. The number of fused-ring (bicyclic) bond motifs is 1. The lowest BCUT2D eigenvalue weighted by Crippen LogP contribution is -2.09. The third kappa shape index (κ3) is 2.85. The van der Waals surface area contributed by atoms with Crippen LogP contribution < -0.4 is 10.4 Å². The minimum atomic E-state index is -0.341. The molecular formula is C14H15ClO3. The molecule has 4 heteroatoms. The second kappa shape index (κ2) is 5.44. The summed E-state index contributed by atoms with van der Waals surface area (Å²) in [6.45, 7) is 4.44. The summed E-state index contributed by atoms with van der Waals surface area (Å²) in [5, 5.41) is 0.923. The predicted molar refractivity (Wildman–Crippen MR) is 72.6 cm³/mol. The average molecular weight is 267 g/mol. The molecule has 0 aliphatic rings. The van der Waals surface area contributed by atoms with E-state index < -0.39 is 0 Å². The van der Waals surface area contributed by atoms with Crippen LogP contribution in [0.4, 0.5) is 0 Å². The summed E-state index contributed by atoms with van der Waals surface area (Å²) < 4.78 is 10.8. The van der Waals surface area contributed by atoms with Gasteiger partial charge in [-0.05, 0) is 24.6 Å². The van der Waals surface area contributed by atoms with Crippen molar-refractivity contribution in [3.05, 3.63) is 40.2 Å². The summed E-state index contributed by atoms with van der Waals surface area (Å²) >= 11 is 5.71. The number of alkyl halides is 1. The van der Waals surface area contributed by atoms with Crippen LogP contribution in [-0.4, -0.2) is 12.5 Å². The molecule has 0 aliphatic heterocycles. The Labute approximate surface area is 110 Å². The van der Waals surface area contributed by atoms with Crippen LogP contribution in [0.1, 0.15) is 12.5 Å². The van der Waals surface area contributed by atoms with Gasteiger partial charge in [-0.1, -0.05) is 6.92 Å². The molecule has 0 spiro atoms. The first-order valence-corrected chi connectivity index (χ1v) is 6.37. The van der Waals surface area contributed by atoms with Crippen LogP contribution in [0.3, 0.4) is 0 Å². The van der Waals surface area contributed by atoms with E-state index in [1.807, 2.05) is 26.0 Å². The van der Waals surface area contributed by atoms with Gasteiger partial charge in [0.2, 0.25) is 0 Å². The van der Waals surface area contributed by atoms with Gasteiger partial charge in [0.05, 0.1) is 6.61 Å². The molecule has 0 radical (unpaired) electrons. The van der Waals surface area contributed by atoms with Crippen molar-refractivity contribution in [2.75, 3.05) is 12.5 Å². The minimum Gasteiger partial charge on any atom is -0.493 e. The number of halogens is 1. The highest BCUT2D eigenvalue weighted by molar-refractivity contribution is 6.18. The summed E-state index contributed by atoms with van der Waals surface area (Å²) in [6, 6.07) is 6.99. The standard InChI is InChI=1S/C14H15ClO3/c1-9(7-15)8-17-11-3-4-12-10(2)5-14(16)18-13(12)6-11/h3-6,9H,7-8H2,1-2H3. The maximum Gasteiger partial charge on any atom is 0.336 e. The van der Waals surface area contributed by atoms with Gasteiger partial charge in [0, 0.05) is 29.3 Å². The summed E-state index contributed by atoms with van der Waals surface area (Å²) in [5.74, 6) is 1.53. The first-order chi connectivity index (χ1) is 8.60. The molecule has 18 heavy (non-hydrogen) atoms. The van der Waals surface area contributed by atoms with Crippen LogP contribution in [0.15, 0.2) is 33.5 Å². The number of aryl methyl sites for hydroxylation is 1. The van der Waals surface area contributed by atoms with Crippen molar-refractivity contribution in [1.29, 1.82) is 0 Å². The van der Waals surface area contributed by atoms with Gasteiger partial charge in [-0.15, -0.1) is 11.6 Å². The molecule has 0 amide bonds. The van der Waals surface area contributed by atoms with E-state index in [4.69, 9.17) is 20.8 Å². The highest BCUT2D eigenvalue weighted by Crippen LogP contribution is 2.22. The number of rotatable bonds is 4. The minimum absolute atomic E-state index is 0.284. The van der Waals surface area contributed by atoms with Crippen LogP contribution in [-0.2, 0) is 0 Å². The van der Waals surface area contributed by atoms with Gasteiger partial charge in [0.15, 0.2) is 0 Å². The molecule has 3 nitrogen and oxygen atoms in total. The molecule has 1 heterocycles. The lowest BCUT2D eigenvalue weighted by Gasteiger charge is -2.10. The van der Waals surface area contributed by atoms with Crippen molar-refractivity contribution in [3.63, 3.8) is 0 Å². The lowest BCUT2D eigenvalue weighted by atomic mass is 10.1. The topological polar surface area (TPSA) is 39.4 Å². The van der Waals surface area contributed by atoms with Gasteiger partial charge >= 0.3 is 5.63 Å². The predicted octanol–water partition coefficient (Wildman–Crippen LogP) is 3.36. The Morgan fingerprint density at radius 1 is 1.39 bits per heavy atom. The second-order valence-corrected chi connectivity index (χ2v) is 4.79. The monoisotopic (exact) mass is 266 g/mol. The Morgan fingerprint density at radius 2 is 2.17 bits per heavy atom. The molecule has 0 saturated carbocycles. The Hall–Kier alpha value is -1.48. The maximum absolute atomic E-state index is 11.3. The number of ether oxygens (including phenoxy) is 1. The van der Waals surface area contributed by atoms with Gasteiger partial charge in [0.1, 0.15) is 11.3 Å². The highest BCUT2D eigenvalue weighted by Gasteiger charge is 2.05. The van der Waals surface area contributed by atoms with Gasteiger partial charge in [-0.2, -0.15) is 0 Å². The molecular weight excluding hydrogens is 252 g/mol. The van der Waals surface area contributed by atoms with E-state index in [1.165, 1.54) is 6.07 Å². The highest BCUT2D eigenvalue weighted by atomic mass is 35.5. The molecule has 1 aromatic heterocycles. The molecule has 2 aromatic rings. The normalized spacial score (nSPS) is 12.6. The number of hydrogen-bond donors (Lipinski definition) is 0. The van der Waals surface area contributed by atoms with Crippen LogP contribution in [0.2, 0.25) is 0 Å². The van der Waals surface area contributed by atoms with E-state index in [0.29, 0.717) is 23.8 Å². The van der Waals surface area contributed by atoms with Crippen LogP contribution in [0.25, 0.3) is 11.0 Å². The zero-order valence-electron chi connectivity index (χ0n) is 10.4. The summed E-state index contributed by atoms with van der Waals surface area (Å²) in [7, 11) is 0. The van der Waals surface area contributed by atoms with E-state index in [9.17, 15) is 4.79 Å². The van der Waals surface area contributed by atoms with Crippen molar-refractivity contribution in [2.24, 2.45) is 5.92 Å². The van der Waals surface area contributed by atoms with Crippen molar-refractivity contribution in [2.45, 2.75) is 13.8 Å². The average Bonchev–Trinajstić information content (AvgIpc) is 2.35.